The minimum atomic E-state index is -0.592. The molecule has 1 aromatic heterocycles. The number of amides is 2. The van der Waals surface area contributed by atoms with Crippen molar-refractivity contribution in [3.05, 3.63) is 84.7 Å². The molecule has 0 atom stereocenters. The van der Waals surface area contributed by atoms with Crippen LogP contribution < -0.4 is 0 Å². The number of hydrogen-bond acceptors (Lipinski definition) is 4. The van der Waals surface area contributed by atoms with Crippen molar-refractivity contribution in [2.45, 2.75) is 0 Å². The number of rotatable bonds is 4. The summed E-state index contributed by atoms with van der Waals surface area (Å²) in [6.45, 7) is 0.533. The Labute approximate surface area is 162 Å². The van der Waals surface area contributed by atoms with E-state index < -0.39 is 6.09 Å². The zero-order chi connectivity index (χ0) is 19.3. The number of imide groups is 1. The smallest absolute Gasteiger partial charge is 0.416 e. The molecule has 0 aliphatic carbocycles. The van der Waals surface area contributed by atoms with E-state index in [4.69, 9.17) is 4.74 Å². The Hall–Kier alpha value is -3.73. The van der Waals surface area contributed by atoms with E-state index in [9.17, 15) is 9.59 Å². The molecular weight excluding hydrogens is 352 g/mol. The third-order valence-corrected chi connectivity index (χ3v) is 4.55. The summed E-state index contributed by atoms with van der Waals surface area (Å²) in [7, 11) is 0. The van der Waals surface area contributed by atoms with Gasteiger partial charge in [-0.05, 0) is 40.5 Å². The van der Waals surface area contributed by atoms with Crippen LogP contribution in [0.4, 0.5) is 4.79 Å². The van der Waals surface area contributed by atoms with E-state index in [1.807, 2.05) is 54.7 Å². The molecule has 138 valence electrons. The lowest BCUT2D eigenvalue weighted by Crippen LogP contribution is -2.29. The Morgan fingerprint density at radius 2 is 1.82 bits per heavy atom. The molecule has 5 heteroatoms. The molecule has 0 N–H and O–H groups in total. The quantitative estimate of drug-likeness (QED) is 0.639. The molecule has 4 rings (SSSR count). The van der Waals surface area contributed by atoms with E-state index in [0.717, 1.165) is 32.7 Å². The van der Waals surface area contributed by atoms with E-state index in [0.29, 0.717) is 0 Å². The first-order chi connectivity index (χ1) is 13.7. The second kappa shape index (κ2) is 7.88. The Bertz CT molecular complexity index is 1030. The summed E-state index contributed by atoms with van der Waals surface area (Å²) in [6.07, 6.45) is 6.08. The molecule has 1 aliphatic heterocycles. The van der Waals surface area contributed by atoms with Crippen molar-refractivity contribution in [1.82, 2.24) is 9.88 Å². The highest BCUT2D eigenvalue weighted by Crippen LogP contribution is 2.32. The van der Waals surface area contributed by atoms with Crippen molar-refractivity contribution >= 4 is 18.1 Å². The largest absolute Gasteiger partial charge is 0.447 e. The molecule has 0 unspecified atom stereocenters. The average molecular weight is 370 g/mol. The van der Waals surface area contributed by atoms with Crippen LogP contribution in [-0.2, 0) is 9.53 Å². The monoisotopic (exact) mass is 370 g/mol. The highest BCUT2D eigenvalue weighted by atomic mass is 16.6. The van der Waals surface area contributed by atoms with Gasteiger partial charge in [-0.2, -0.15) is 0 Å². The average Bonchev–Trinajstić information content (AvgIpc) is 3.19. The molecular formula is C23H18N2O3. The molecule has 2 aromatic carbocycles. The van der Waals surface area contributed by atoms with E-state index in [-0.39, 0.29) is 19.1 Å². The van der Waals surface area contributed by atoms with Gasteiger partial charge in [0.1, 0.15) is 6.61 Å². The first kappa shape index (κ1) is 17.7. The number of hydrogen-bond donors (Lipinski definition) is 0. The summed E-state index contributed by atoms with van der Waals surface area (Å²) >= 11 is 0. The van der Waals surface area contributed by atoms with Crippen LogP contribution in [0.2, 0.25) is 0 Å². The fraction of sp³-hybridized carbons (Fsp3) is 0.0870. The van der Waals surface area contributed by atoms with Gasteiger partial charge in [0, 0.05) is 24.0 Å². The van der Waals surface area contributed by atoms with Crippen LogP contribution >= 0.6 is 0 Å². The van der Waals surface area contributed by atoms with Gasteiger partial charge >= 0.3 is 6.09 Å². The van der Waals surface area contributed by atoms with E-state index in [1.165, 1.54) is 6.08 Å². The topological polar surface area (TPSA) is 59.5 Å². The van der Waals surface area contributed by atoms with Crippen molar-refractivity contribution < 1.29 is 14.3 Å². The SMILES string of the molecule is O=C(/C=C/c1ccc(-c2ccccc2)c(-c2cccnc2)c1)N1CCOC1=O. The maximum Gasteiger partial charge on any atom is 0.416 e. The molecule has 28 heavy (non-hydrogen) atoms. The second-order valence-corrected chi connectivity index (χ2v) is 6.35. The fourth-order valence-electron chi connectivity index (χ4n) is 3.15. The lowest BCUT2D eigenvalue weighted by atomic mass is 9.93. The first-order valence-corrected chi connectivity index (χ1v) is 8.98. The molecule has 2 heterocycles. The van der Waals surface area contributed by atoms with Gasteiger partial charge in [0.2, 0.25) is 0 Å². The predicted molar refractivity (Wildman–Crippen MR) is 107 cm³/mol. The summed E-state index contributed by atoms with van der Waals surface area (Å²) in [4.78, 5) is 29.0. The zero-order valence-electron chi connectivity index (χ0n) is 15.1. The maximum absolute atomic E-state index is 12.2. The molecule has 0 saturated carbocycles. The van der Waals surface area contributed by atoms with E-state index in [2.05, 4.69) is 17.1 Å². The molecule has 1 fully saturated rings. The highest BCUT2D eigenvalue weighted by Gasteiger charge is 2.26. The summed E-state index contributed by atoms with van der Waals surface area (Å²) in [6, 6.07) is 20.0. The van der Waals surface area contributed by atoms with Crippen LogP contribution in [0.5, 0.6) is 0 Å². The van der Waals surface area contributed by atoms with Crippen molar-refractivity contribution in [2.75, 3.05) is 13.2 Å². The normalized spacial score (nSPS) is 13.7. The Morgan fingerprint density at radius 1 is 1.00 bits per heavy atom. The van der Waals surface area contributed by atoms with E-state index in [1.54, 1.807) is 12.3 Å². The van der Waals surface area contributed by atoms with Gasteiger partial charge in [0.15, 0.2) is 0 Å². The van der Waals surface area contributed by atoms with Gasteiger partial charge in [0.25, 0.3) is 5.91 Å². The predicted octanol–water partition coefficient (Wildman–Crippen LogP) is 4.41. The van der Waals surface area contributed by atoms with Crippen LogP contribution in [0.1, 0.15) is 5.56 Å². The molecule has 3 aromatic rings. The van der Waals surface area contributed by atoms with Crippen LogP contribution in [0.3, 0.4) is 0 Å². The zero-order valence-corrected chi connectivity index (χ0v) is 15.1. The number of carbonyl (C=O) groups is 2. The summed E-state index contributed by atoms with van der Waals surface area (Å²) < 4.78 is 4.81. The van der Waals surface area contributed by atoms with Crippen LogP contribution in [0.25, 0.3) is 28.3 Å². The number of aromatic nitrogens is 1. The number of nitrogens with zero attached hydrogens (tertiary/aromatic N) is 2. The van der Waals surface area contributed by atoms with Crippen LogP contribution in [0.15, 0.2) is 79.1 Å². The number of cyclic esters (lactones) is 1. The van der Waals surface area contributed by atoms with Crippen molar-refractivity contribution in [1.29, 1.82) is 0 Å². The Morgan fingerprint density at radius 3 is 2.54 bits per heavy atom. The minimum absolute atomic E-state index is 0.245. The lowest BCUT2D eigenvalue weighted by Gasteiger charge is -2.11. The van der Waals surface area contributed by atoms with Crippen molar-refractivity contribution in [2.24, 2.45) is 0 Å². The van der Waals surface area contributed by atoms with Gasteiger partial charge in [-0.1, -0.05) is 48.5 Å². The van der Waals surface area contributed by atoms with Crippen LogP contribution in [0, 0.1) is 0 Å². The fourth-order valence-corrected chi connectivity index (χ4v) is 3.15. The minimum Gasteiger partial charge on any atom is -0.447 e. The van der Waals surface area contributed by atoms with Gasteiger partial charge in [0.05, 0.1) is 6.54 Å². The molecule has 5 nitrogen and oxygen atoms in total. The second-order valence-electron chi connectivity index (χ2n) is 6.35. The van der Waals surface area contributed by atoms with E-state index >= 15 is 0 Å². The third kappa shape index (κ3) is 3.69. The number of ether oxygens (including phenoxy) is 1. The van der Waals surface area contributed by atoms with Gasteiger partial charge in [-0.3, -0.25) is 9.78 Å². The first-order valence-electron chi connectivity index (χ1n) is 8.98. The molecule has 2 amide bonds. The van der Waals surface area contributed by atoms with Gasteiger partial charge in [-0.25, -0.2) is 9.69 Å². The van der Waals surface area contributed by atoms with Crippen LogP contribution in [-0.4, -0.2) is 35.0 Å². The Balaban J connectivity index is 1.69. The number of benzene rings is 2. The van der Waals surface area contributed by atoms with Crippen molar-refractivity contribution in [3.8, 4) is 22.3 Å². The molecule has 0 bridgehead atoms. The maximum atomic E-state index is 12.2. The number of carbonyl (C=O) groups excluding carboxylic acids is 2. The summed E-state index contributed by atoms with van der Waals surface area (Å²) in [5.41, 5.74) is 5.06. The molecule has 0 radical (unpaired) electrons. The highest BCUT2D eigenvalue weighted by molar-refractivity contribution is 6.01. The van der Waals surface area contributed by atoms with Gasteiger partial charge in [-0.15, -0.1) is 0 Å². The Kier molecular flexibility index (Phi) is 4.97. The lowest BCUT2D eigenvalue weighted by molar-refractivity contribution is -0.122. The molecule has 1 saturated heterocycles. The summed E-state index contributed by atoms with van der Waals surface area (Å²) in [5, 5.41) is 0. The third-order valence-electron chi connectivity index (χ3n) is 4.55. The standard InChI is InChI=1S/C23H18N2O3/c26-22(25-13-14-28-23(25)27)11-9-17-8-10-20(18-5-2-1-3-6-18)21(15-17)19-7-4-12-24-16-19/h1-12,15-16H,13-14H2/b11-9+. The summed E-state index contributed by atoms with van der Waals surface area (Å²) in [5.74, 6) is -0.377. The van der Waals surface area contributed by atoms with Gasteiger partial charge < -0.3 is 4.74 Å². The number of pyridine rings is 1. The molecule has 1 aliphatic rings. The molecule has 0 spiro atoms. The van der Waals surface area contributed by atoms with Crippen molar-refractivity contribution in [3.63, 3.8) is 0 Å².